The fourth-order valence-electron chi connectivity index (χ4n) is 3.88. The van der Waals surface area contributed by atoms with Crippen LogP contribution in [0, 0.1) is 11.7 Å². The summed E-state index contributed by atoms with van der Waals surface area (Å²) in [5.74, 6) is -5.98. The molecule has 1 aliphatic heterocycles. The molecule has 1 aromatic rings. The van der Waals surface area contributed by atoms with Crippen LogP contribution in [0.4, 0.5) is 17.6 Å². The minimum atomic E-state index is -5.10. The van der Waals surface area contributed by atoms with Gasteiger partial charge in [0.25, 0.3) is 0 Å². The molecule has 4 amide bonds. The molecular formula is C24H28F4N4O6. The molecule has 3 rings (SSSR count). The summed E-state index contributed by atoms with van der Waals surface area (Å²) in [5, 5.41) is 9.65. The zero-order chi connectivity index (χ0) is 28.1. The highest BCUT2D eigenvalue weighted by atomic mass is 19.4. The van der Waals surface area contributed by atoms with Crippen LogP contribution in [0.15, 0.2) is 24.3 Å². The second-order valence-electron chi connectivity index (χ2n) is 9.65. The third-order valence-electron chi connectivity index (χ3n) is 6.36. The first-order chi connectivity index (χ1) is 17.7. The number of ether oxygens (including phenoxy) is 1. The van der Waals surface area contributed by atoms with Crippen LogP contribution in [0.1, 0.15) is 38.2 Å². The van der Waals surface area contributed by atoms with Gasteiger partial charge in [0.15, 0.2) is 5.78 Å². The predicted octanol–water partition coefficient (Wildman–Crippen LogP) is 0.638. The second kappa shape index (κ2) is 11.9. The van der Waals surface area contributed by atoms with Crippen molar-refractivity contribution in [2.75, 3.05) is 13.2 Å². The van der Waals surface area contributed by atoms with Gasteiger partial charge in [0.05, 0.1) is 6.04 Å². The SMILES string of the molecule is CC1(NC(=O)C(=O)N[C@@H](Cc2ccc(F)cc2)C(=O)N[C@@H](C[C@@H]2CCNC2=O)C(=O)COC(F)(F)F)CC1. The topological polar surface area (TPSA) is 143 Å². The molecule has 4 N–H and O–H groups in total. The van der Waals surface area contributed by atoms with E-state index in [0.717, 1.165) is 12.1 Å². The minimum Gasteiger partial charge on any atom is -0.356 e. The number of carbonyl (C=O) groups excluding carboxylic acids is 5. The normalized spacial score (nSPS) is 19.6. The van der Waals surface area contributed by atoms with Crippen molar-refractivity contribution in [2.24, 2.45) is 5.92 Å². The van der Waals surface area contributed by atoms with E-state index in [1.807, 2.05) is 0 Å². The van der Waals surface area contributed by atoms with Gasteiger partial charge < -0.3 is 21.3 Å². The fraction of sp³-hybridized carbons (Fsp3) is 0.542. The van der Waals surface area contributed by atoms with Crippen LogP contribution in [-0.4, -0.2) is 66.5 Å². The van der Waals surface area contributed by atoms with Crippen LogP contribution >= 0.6 is 0 Å². The van der Waals surface area contributed by atoms with E-state index in [0.29, 0.717) is 31.4 Å². The Hall–Kier alpha value is -3.55. The van der Waals surface area contributed by atoms with E-state index in [1.54, 1.807) is 6.92 Å². The third kappa shape index (κ3) is 8.78. The molecule has 2 aliphatic rings. The fourth-order valence-corrected chi connectivity index (χ4v) is 3.88. The van der Waals surface area contributed by atoms with Crippen molar-refractivity contribution >= 4 is 29.4 Å². The van der Waals surface area contributed by atoms with Gasteiger partial charge in [-0.15, -0.1) is 13.2 Å². The number of amides is 4. The quantitative estimate of drug-likeness (QED) is 0.238. The number of benzene rings is 1. The number of ketones is 1. The summed E-state index contributed by atoms with van der Waals surface area (Å²) in [6.07, 6.45) is -3.99. The zero-order valence-corrected chi connectivity index (χ0v) is 20.5. The van der Waals surface area contributed by atoms with Gasteiger partial charge >= 0.3 is 18.2 Å². The average molecular weight is 545 g/mol. The molecule has 3 atom stereocenters. The van der Waals surface area contributed by atoms with Gasteiger partial charge in [0.2, 0.25) is 11.8 Å². The van der Waals surface area contributed by atoms with Gasteiger partial charge in [-0.05, 0) is 50.3 Å². The van der Waals surface area contributed by atoms with E-state index in [2.05, 4.69) is 26.0 Å². The zero-order valence-electron chi connectivity index (χ0n) is 20.5. The van der Waals surface area contributed by atoms with Crippen molar-refractivity contribution in [3.05, 3.63) is 35.6 Å². The Morgan fingerprint density at radius 2 is 1.74 bits per heavy atom. The lowest BCUT2D eigenvalue weighted by Gasteiger charge is -2.24. The molecule has 1 saturated heterocycles. The van der Waals surface area contributed by atoms with E-state index in [4.69, 9.17) is 0 Å². The molecule has 2 fully saturated rings. The number of alkyl halides is 3. The molecule has 14 heteroatoms. The van der Waals surface area contributed by atoms with E-state index in [1.165, 1.54) is 12.1 Å². The first kappa shape index (κ1) is 29.0. The summed E-state index contributed by atoms with van der Waals surface area (Å²) >= 11 is 0. The minimum absolute atomic E-state index is 0.230. The Bertz CT molecular complexity index is 1070. The Kier molecular flexibility index (Phi) is 9.07. The molecule has 1 aromatic carbocycles. The van der Waals surface area contributed by atoms with Crippen molar-refractivity contribution in [3.8, 4) is 0 Å². The monoisotopic (exact) mass is 544 g/mol. The molecule has 208 valence electrons. The predicted molar refractivity (Wildman–Crippen MR) is 122 cm³/mol. The lowest BCUT2D eigenvalue weighted by Crippen LogP contribution is -2.56. The van der Waals surface area contributed by atoms with Gasteiger partial charge in [-0.25, -0.2) is 4.39 Å². The largest absolute Gasteiger partial charge is 0.522 e. The first-order valence-corrected chi connectivity index (χ1v) is 11.9. The van der Waals surface area contributed by atoms with Crippen molar-refractivity contribution in [3.63, 3.8) is 0 Å². The van der Waals surface area contributed by atoms with E-state index in [-0.39, 0.29) is 12.8 Å². The first-order valence-electron chi connectivity index (χ1n) is 11.9. The van der Waals surface area contributed by atoms with Crippen LogP contribution in [0.3, 0.4) is 0 Å². The van der Waals surface area contributed by atoms with E-state index < -0.39 is 71.7 Å². The van der Waals surface area contributed by atoms with Crippen LogP contribution < -0.4 is 21.3 Å². The van der Waals surface area contributed by atoms with E-state index in [9.17, 15) is 41.5 Å². The maximum absolute atomic E-state index is 13.3. The summed E-state index contributed by atoms with van der Waals surface area (Å²) < 4.78 is 54.5. The third-order valence-corrected chi connectivity index (χ3v) is 6.36. The van der Waals surface area contributed by atoms with Crippen molar-refractivity contribution < 1.29 is 46.3 Å². The molecule has 0 radical (unpaired) electrons. The van der Waals surface area contributed by atoms with Gasteiger partial charge in [-0.1, -0.05) is 12.1 Å². The molecule has 1 aliphatic carbocycles. The summed E-state index contributed by atoms with van der Waals surface area (Å²) in [7, 11) is 0. The maximum Gasteiger partial charge on any atom is 0.522 e. The molecule has 1 heterocycles. The summed E-state index contributed by atoms with van der Waals surface area (Å²) in [4.78, 5) is 62.6. The highest BCUT2D eigenvalue weighted by Gasteiger charge is 2.41. The highest BCUT2D eigenvalue weighted by molar-refractivity contribution is 6.35. The number of Topliss-reactive ketones (excluding diaryl/α,β-unsaturated/α-hetero) is 1. The van der Waals surface area contributed by atoms with Crippen LogP contribution in [-0.2, 0) is 35.1 Å². The lowest BCUT2D eigenvalue weighted by atomic mass is 9.95. The lowest BCUT2D eigenvalue weighted by molar-refractivity contribution is -0.321. The molecule has 1 saturated carbocycles. The molecular weight excluding hydrogens is 516 g/mol. The number of halogens is 4. The molecule has 0 spiro atoms. The smallest absolute Gasteiger partial charge is 0.356 e. The molecule has 38 heavy (non-hydrogen) atoms. The van der Waals surface area contributed by atoms with Gasteiger partial charge in [0.1, 0.15) is 18.5 Å². The van der Waals surface area contributed by atoms with E-state index >= 15 is 0 Å². The average Bonchev–Trinajstić information content (AvgIpc) is 3.43. The van der Waals surface area contributed by atoms with Crippen LogP contribution in [0.2, 0.25) is 0 Å². The van der Waals surface area contributed by atoms with Gasteiger partial charge in [-0.2, -0.15) is 0 Å². The molecule has 10 nitrogen and oxygen atoms in total. The Morgan fingerprint density at radius 1 is 1.08 bits per heavy atom. The number of nitrogens with one attached hydrogen (secondary N) is 4. The standard InChI is InChI=1S/C24H28F4N4O6/c1-23(7-8-23)32-22(37)21(36)31-17(10-13-2-4-15(25)5-3-13)20(35)30-16(11-14-6-9-29-19(14)34)18(33)12-38-24(26,27)28/h2-5,14,16-17H,6-12H2,1H3,(H,29,34)(H,30,35)(H,31,36)(H,32,37)/t14-,16-,17-/m0/s1. The van der Waals surface area contributed by atoms with Crippen LogP contribution in [0.5, 0.6) is 0 Å². The number of carbonyl (C=O) groups is 5. The van der Waals surface area contributed by atoms with Crippen LogP contribution in [0.25, 0.3) is 0 Å². The summed E-state index contributed by atoms with van der Waals surface area (Å²) in [6.45, 7) is 0.632. The number of rotatable bonds is 11. The Balaban J connectivity index is 1.76. The Labute approximate surface area is 215 Å². The van der Waals surface area contributed by atoms with Crippen molar-refractivity contribution in [2.45, 2.75) is 63.0 Å². The van der Waals surface area contributed by atoms with Crippen molar-refractivity contribution in [1.82, 2.24) is 21.3 Å². The van der Waals surface area contributed by atoms with Gasteiger partial charge in [0, 0.05) is 24.4 Å². The summed E-state index contributed by atoms with van der Waals surface area (Å²) in [6, 6.07) is 1.91. The maximum atomic E-state index is 13.3. The molecule has 0 bridgehead atoms. The number of hydrogen-bond acceptors (Lipinski definition) is 6. The van der Waals surface area contributed by atoms with Crippen molar-refractivity contribution in [1.29, 1.82) is 0 Å². The van der Waals surface area contributed by atoms with Gasteiger partial charge in [-0.3, -0.25) is 28.7 Å². The Morgan fingerprint density at radius 3 is 2.29 bits per heavy atom. The summed E-state index contributed by atoms with van der Waals surface area (Å²) in [5.41, 5.74) is -0.138. The number of hydrogen-bond donors (Lipinski definition) is 4. The molecule has 0 aromatic heterocycles. The molecule has 0 unspecified atom stereocenters. The second-order valence-corrected chi connectivity index (χ2v) is 9.65. The highest BCUT2D eigenvalue weighted by Crippen LogP contribution is 2.34.